The molecular weight excluding hydrogens is 2140 g/mol. The molecule has 0 saturated carbocycles. The van der Waals surface area contributed by atoms with Crippen molar-refractivity contribution in [3.05, 3.63) is 482 Å². The third-order valence-electron chi connectivity index (χ3n) is 26.3. The number of rotatable bonds is 20. The summed E-state index contributed by atoms with van der Waals surface area (Å²) in [5.74, 6) is -0.00429. The van der Waals surface area contributed by atoms with E-state index in [2.05, 4.69) is 97.5 Å². The van der Waals surface area contributed by atoms with E-state index in [1.165, 1.54) is 46.5 Å². The molecule has 2 N–H and O–H groups in total. The summed E-state index contributed by atoms with van der Waals surface area (Å²) in [7, 11) is 0. The topological polar surface area (TPSA) is 72.9 Å². The smallest absolute Gasteiger partial charge is 0.127 e. The first-order chi connectivity index (χ1) is 70.0. The third kappa shape index (κ3) is 30.0. The molecule has 30 heteroatoms. The Morgan fingerprint density at radius 1 is 0.207 bits per heavy atom. The number of hydrogen-bond acceptors (Lipinski definition) is 12. The van der Waals surface area contributed by atoms with Crippen LogP contribution in [0.25, 0.3) is 0 Å². The van der Waals surface area contributed by atoms with Crippen LogP contribution in [0.4, 0.5) is 41.6 Å². The predicted molar refractivity (Wildman–Crippen MR) is 602 cm³/mol. The molecule has 145 heavy (non-hydrogen) atoms. The van der Waals surface area contributed by atoms with Crippen molar-refractivity contribution in [2.45, 2.75) is 62.9 Å². The van der Waals surface area contributed by atoms with Crippen LogP contribution in [0, 0.1) is 17.5 Å². The number of phenolic OH excluding ortho intramolecular Hbond substituents is 2. The lowest BCUT2D eigenvalue weighted by atomic mass is 10.0. The standard InChI is InChI=1S/3C23H20Cl3FN2.2C23H21Cl3N2O/c24-18-5-3-17(4-6-18)23-15-28(14-16-1-8-20(27)9-2-16)11-12-29(23)22-10-7-19(25)13-21(22)26;24-18-6-4-17(5-7-18)23-15-28(14-16-2-1-3-20(27)12-16)10-11-29(23)22-9-8-19(25)13-21(22)26;24-18-7-5-16(6-8-18)23-15-28(14-17-3-1-2-4-21(17)27)11-12-29(23)22-10-9-19(25)13-20(22)26;24-18-5-3-17(4-6-18)23-15-27(14-16-1-8-20(29)9-2-16)11-12-28(23)22-10-7-19(25)13-21(22)26;24-18-6-4-17(5-7-18)23-15-27(14-16-2-1-3-20(29)12-16)10-11-28(23)22-9-8-19(25)13-21(22)26/h1-10,13,23H,11-12,14-15H2;1-9,12-13,23H,10-11,14-15H2;1-10,13,23H,11-12,14-15H2;1-10,13,23,29H,11-12,14-15H2;1-9,12-13,23,29H,10-11,14-15H2. The Bertz CT molecular complexity index is 6500. The maximum atomic E-state index is 14.2. The number of hydrogen-bond donors (Lipinski definition) is 2. The summed E-state index contributed by atoms with van der Waals surface area (Å²) in [4.78, 5) is 23.4. The minimum Gasteiger partial charge on any atom is -0.508 e. The predicted octanol–water partition coefficient (Wildman–Crippen LogP) is 33.4. The Balaban J connectivity index is 0.000000130. The molecule has 5 unspecified atom stereocenters. The molecule has 5 heterocycles. The average molecular weight is 2240 g/mol. The number of benzene rings is 15. The number of phenols is 2. The minimum absolute atomic E-state index is 0.0615. The summed E-state index contributed by atoms with van der Waals surface area (Å²) in [6.45, 7) is 16.0. The van der Waals surface area contributed by atoms with Gasteiger partial charge in [-0.05, 0) is 256 Å². The summed E-state index contributed by atoms with van der Waals surface area (Å²) in [5, 5.41) is 29.2. The molecule has 0 aliphatic carbocycles. The molecule has 15 aromatic carbocycles. The zero-order valence-corrected chi connectivity index (χ0v) is 89.8. The Labute approximate surface area is 921 Å². The van der Waals surface area contributed by atoms with Gasteiger partial charge in [0.25, 0.3) is 0 Å². The van der Waals surface area contributed by atoms with Gasteiger partial charge in [0.15, 0.2) is 0 Å². The van der Waals surface area contributed by atoms with E-state index in [4.69, 9.17) is 174 Å². The van der Waals surface area contributed by atoms with Crippen molar-refractivity contribution in [3.8, 4) is 11.5 Å². The Hall–Kier alpha value is -9.16. The van der Waals surface area contributed by atoms with Gasteiger partial charge in [-0.15, -0.1) is 0 Å². The van der Waals surface area contributed by atoms with Crippen molar-refractivity contribution in [2.75, 3.05) is 123 Å². The van der Waals surface area contributed by atoms with E-state index < -0.39 is 0 Å². The second kappa shape index (κ2) is 51.8. The zero-order valence-electron chi connectivity index (χ0n) is 78.5. The van der Waals surface area contributed by atoms with Crippen molar-refractivity contribution in [1.82, 2.24) is 24.5 Å². The maximum absolute atomic E-state index is 14.2. The first kappa shape index (κ1) is 109. The summed E-state index contributed by atoms with van der Waals surface area (Å²) >= 11 is 93.7. The van der Waals surface area contributed by atoms with Gasteiger partial charge in [0.1, 0.15) is 29.0 Å². The average Bonchev–Trinajstić information content (AvgIpc) is 0.803. The van der Waals surface area contributed by atoms with Crippen LogP contribution >= 0.6 is 174 Å². The molecule has 5 atom stereocenters. The van der Waals surface area contributed by atoms with Crippen LogP contribution in [-0.2, 0) is 32.7 Å². The fourth-order valence-corrected chi connectivity index (χ4v) is 22.4. The highest BCUT2D eigenvalue weighted by Gasteiger charge is 2.37. The van der Waals surface area contributed by atoms with Crippen molar-refractivity contribution >= 4 is 202 Å². The minimum atomic E-state index is -0.213. The number of halogens is 18. The van der Waals surface area contributed by atoms with Crippen LogP contribution in [0.3, 0.4) is 0 Å². The van der Waals surface area contributed by atoms with Gasteiger partial charge in [-0.3, -0.25) is 24.5 Å². The molecule has 0 radical (unpaired) electrons. The van der Waals surface area contributed by atoms with Crippen molar-refractivity contribution in [2.24, 2.45) is 0 Å². The van der Waals surface area contributed by atoms with Gasteiger partial charge >= 0.3 is 0 Å². The van der Waals surface area contributed by atoms with Gasteiger partial charge in [-0.2, -0.15) is 0 Å². The SMILES string of the molecule is Fc1ccc(CN2CCN(c3ccc(Cl)cc3Cl)C(c3ccc(Cl)cc3)C2)cc1.Fc1cccc(CN2CCN(c3ccc(Cl)cc3Cl)C(c3ccc(Cl)cc3)C2)c1.Fc1ccccc1CN1CCN(c2ccc(Cl)cc2Cl)C(c2ccc(Cl)cc2)C1.Oc1ccc(CN2CCN(c3ccc(Cl)cc3Cl)C(c3ccc(Cl)cc3)C2)cc1.Oc1cccc(CN2CCN(c3ccc(Cl)cc3Cl)C(c3ccc(Cl)cc3)C2)c1. The van der Waals surface area contributed by atoms with Gasteiger partial charge in [0, 0.05) is 187 Å². The second-order valence-corrected chi connectivity index (χ2v) is 42.5. The normalized spacial score (nSPS) is 17.5. The molecule has 5 saturated heterocycles. The van der Waals surface area contributed by atoms with Gasteiger partial charge in [0.2, 0.25) is 0 Å². The first-order valence-electron chi connectivity index (χ1n) is 47.2. The van der Waals surface area contributed by atoms with Crippen LogP contribution in [0.2, 0.25) is 75.3 Å². The van der Waals surface area contributed by atoms with E-state index in [0.717, 1.165) is 184 Å². The number of piperazine rings is 5. The second-order valence-electron chi connectivity index (χ2n) is 36.1. The summed E-state index contributed by atoms with van der Waals surface area (Å²) < 4.78 is 41.0. The van der Waals surface area contributed by atoms with Crippen LogP contribution in [0.15, 0.2) is 334 Å². The fourth-order valence-electron chi connectivity index (χ4n) is 19.2. The number of nitrogens with zero attached hydrogens (tertiary/aromatic N) is 10. The summed E-state index contributed by atoms with van der Waals surface area (Å²) in [5.41, 5.74) is 15.7. The lowest BCUT2D eigenvalue weighted by Gasteiger charge is -2.43. The molecular formula is C115H102Cl15F3N10O2. The van der Waals surface area contributed by atoms with Gasteiger partial charge in [-0.1, -0.05) is 301 Å². The highest BCUT2D eigenvalue weighted by atomic mass is 35.5. The fraction of sp³-hybridized carbons (Fsp3) is 0.217. The molecule has 750 valence electrons. The Morgan fingerprint density at radius 2 is 0.462 bits per heavy atom. The van der Waals surface area contributed by atoms with Crippen LogP contribution in [0.1, 0.15) is 85.8 Å². The molecule has 20 rings (SSSR count). The molecule has 0 spiro atoms. The largest absolute Gasteiger partial charge is 0.508 e. The number of anilines is 5. The monoisotopic (exact) mass is 2240 g/mol. The van der Waals surface area contributed by atoms with Gasteiger partial charge < -0.3 is 34.7 Å². The highest BCUT2D eigenvalue weighted by molar-refractivity contribution is 6.39. The molecule has 12 nitrogen and oxygen atoms in total. The maximum Gasteiger partial charge on any atom is 0.127 e. The molecule has 0 aromatic heterocycles. The Kier molecular flexibility index (Phi) is 38.8. The third-order valence-corrected chi connectivity index (χ3v) is 30.3. The van der Waals surface area contributed by atoms with Gasteiger partial charge in [-0.25, -0.2) is 13.2 Å². The van der Waals surface area contributed by atoms with E-state index in [9.17, 15) is 23.4 Å². The zero-order chi connectivity index (χ0) is 102. The van der Waals surface area contributed by atoms with Crippen molar-refractivity contribution in [1.29, 1.82) is 0 Å². The lowest BCUT2D eigenvalue weighted by Crippen LogP contribution is -2.48. The van der Waals surface area contributed by atoms with E-state index in [-0.39, 0.29) is 53.4 Å². The van der Waals surface area contributed by atoms with Crippen molar-refractivity contribution < 1.29 is 23.4 Å². The highest BCUT2D eigenvalue weighted by Crippen LogP contribution is 2.45. The summed E-state index contributed by atoms with van der Waals surface area (Å²) in [6, 6.07) is 104. The summed E-state index contributed by atoms with van der Waals surface area (Å²) in [6.07, 6.45) is 0. The Morgan fingerprint density at radius 3 is 0.738 bits per heavy atom. The molecule has 5 aliphatic heterocycles. The van der Waals surface area contributed by atoms with Gasteiger partial charge in [0.05, 0.1) is 83.8 Å². The molecule has 5 aliphatic rings. The van der Waals surface area contributed by atoms with Crippen LogP contribution < -0.4 is 24.5 Å². The van der Waals surface area contributed by atoms with Crippen LogP contribution in [-0.4, -0.2) is 133 Å². The first-order valence-corrected chi connectivity index (χ1v) is 52.9. The molecule has 0 bridgehead atoms. The van der Waals surface area contributed by atoms with E-state index >= 15 is 0 Å². The molecule has 0 amide bonds. The van der Waals surface area contributed by atoms with E-state index in [1.807, 2.05) is 194 Å². The quantitative estimate of drug-likeness (QED) is 0.0764. The van der Waals surface area contributed by atoms with Crippen LogP contribution in [0.5, 0.6) is 11.5 Å². The van der Waals surface area contributed by atoms with Crippen molar-refractivity contribution in [3.63, 3.8) is 0 Å². The lowest BCUT2D eigenvalue weighted by molar-refractivity contribution is 0.213. The van der Waals surface area contributed by atoms with E-state index in [1.54, 1.807) is 66.7 Å². The van der Waals surface area contributed by atoms with E-state index in [0.29, 0.717) is 89.7 Å². The molecule has 5 fully saturated rings. The molecule has 15 aromatic rings. The number of aromatic hydroxyl groups is 2.